The fraction of sp³-hybridized carbons (Fsp3) is 0.130. The second-order valence-corrected chi connectivity index (χ2v) is 8.06. The first-order chi connectivity index (χ1) is 14.6. The number of aromatic nitrogens is 2. The lowest BCUT2D eigenvalue weighted by Gasteiger charge is -2.28. The molecule has 0 atom stereocenters. The van der Waals surface area contributed by atoms with Crippen LogP contribution in [0.2, 0.25) is 0 Å². The molecule has 2 aromatic heterocycles. The van der Waals surface area contributed by atoms with Gasteiger partial charge < -0.3 is 4.90 Å². The number of carbonyl (C=O) groups excluding carboxylic acids is 2. The molecule has 30 heavy (non-hydrogen) atoms. The summed E-state index contributed by atoms with van der Waals surface area (Å²) >= 11 is 1.41. The lowest BCUT2D eigenvalue weighted by Crippen LogP contribution is -2.43. The number of para-hydroxylation sites is 1. The van der Waals surface area contributed by atoms with E-state index in [2.05, 4.69) is 4.98 Å². The lowest BCUT2D eigenvalue weighted by atomic mass is 10.0. The van der Waals surface area contributed by atoms with Gasteiger partial charge >= 0.3 is 0 Å². The molecule has 0 radical (unpaired) electrons. The minimum Gasteiger partial charge on any atom is -0.303 e. The minimum atomic E-state index is -0.310. The predicted molar refractivity (Wildman–Crippen MR) is 117 cm³/mol. The molecular weight excluding hydrogens is 398 g/mol. The molecule has 2 aromatic carbocycles. The van der Waals surface area contributed by atoms with Gasteiger partial charge in [-0.25, -0.2) is 4.98 Å². The summed E-state index contributed by atoms with van der Waals surface area (Å²) in [5.41, 5.74) is 3.04. The Morgan fingerprint density at radius 1 is 1.03 bits per heavy atom. The van der Waals surface area contributed by atoms with E-state index in [9.17, 15) is 14.4 Å². The number of Topliss-reactive ketones (excluding diaryl/α,β-unsaturated/α-hetero) is 1. The number of thiophene rings is 1. The van der Waals surface area contributed by atoms with Crippen LogP contribution in [0.3, 0.4) is 0 Å². The van der Waals surface area contributed by atoms with E-state index in [1.807, 2.05) is 60.0 Å². The van der Waals surface area contributed by atoms with E-state index in [0.717, 1.165) is 22.4 Å². The molecule has 7 heteroatoms. The molecule has 0 unspecified atom stereocenters. The van der Waals surface area contributed by atoms with E-state index in [1.54, 1.807) is 0 Å². The molecule has 0 spiro atoms. The number of ketones is 1. The molecule has 148 valence electrons. The normalized spacial score (nSPS) is 13.5. The number of anilines is 1. The quantitative estimate of drug-likeness (QED) is 0.515. The van der Waals surface area contributed by atoms with E-state index < -0.39 is 0 Å². The van der Waals surface area contributed by atoms with Gasteiger partial charge in [-0.3, -0.25) is 19.0 Å². The Morgan fingerprint density at radius 2 is 1.80 bits per heavy atom. The molecule has 0 fully saturated rings. The Hall–Kier alpha value is -3.58. The maximum absolute atomic E-state index is 13.2. The fourth-order valence-corrected chi connectivity index (χ4v) is 4.72. The van der Waals surface area contributed by atoms with Crippen molar-refractivity contribution in [2.24, 2.45) is 0 Å². The molecule has 0 bridgehead atoms. The topological polar surface area (TPSA) is 72.3 Å². The van der Waals surface area contributed by atoms with Crippen LogP contribution in [0.15, 0.2) is 71.1 Å². The Labute approximate surface area is 176 Å². The minimum absolute atomic E-state index is 0.0211. The molecule has 1 amide bonds. The highest BCUT2D eigenvalue weighted by Crippen LogP contribution is 2.30. The molecule has 1 aliphatic heterocycles. The summed E-state index contributed by atoms with van der Waals surface area (Å²) in [4.78, 5) is 44.9. The SMILES string of the molecule is O=C1Cc2ccccc2N(C(=O)Cn2cnc3scc(-c4ccccc4)c3c2=O)C1. The summed E-state index contributed by atoms with van der Waals surface area (Å²) in [6.07, 6.45) is 1.73. The number of carbonyl (C=O) groups is 2. The third kappa shape index (κ3) is 3.13. The van der Waals surface area contributed by atoms with Crippen molar-refractivity contribution < 1.29 is 9.59 Å². The average Bonchev–Trinajstić information content (AvgIpc) is 3.20. The third-order valence-electron chi connectivity index (χ3n) is 5.26. The summed E-state index contributed by atoms with van der Waals surface area (Å²) in [5, 5.41) is 2.43. The highest BCUT2D eigenvalue weighted by atomic mass is 32.1. The van der Waals surface area contributed by atoms with Crippen molar-refractivity contribution in [2.45, 2.75) is 13.0 Å². The van der Waals surface area contributed by atoms with E-state index >= 15 is 0 Å². The number of hydrogen-bond donors (Lipinski definition) is 0. The fourth-order valence-electron chi connectivity index (χ4n) is 3.82. The average molecular weight is 415 g/mol. The highest BCUT2D eigenvalue weighted by molar-refractivity contribution is 7.17. The molecular formula is C23H17N3O3S. The Morgan fingerprint density at radius 3 is 2.63 bits per heavy atom. The van der Waals surface area contributed by atoms with Crippen LogP contribution < -0.4 is 10.5 Å². The highest BCUT2D eigenvalue weighted by Gasteiger charge is 2.27. The first-order valence-corrected chi connectivity index (χ1v) is 10.4. The second-order valence-electron chi connectivity index (χ2n) is 7.20. The number of fused-ring (bicyclic) bond motifs is 2. The maximum Gasteiger partial charge on any atom is 0.263 e. The molecule has 6 nitrogen and oxygen atoms in total. The van der Waals surface area contributed by atoms with E-state index in [-0.39, 0.29) is 30.3 Å². The molecule has 4 aromatic rings. The van der Waals surface area contributed by atoms with E-state index in [4.69, 9.17) is 0 Å². The molecule has 0 N–H and O–H groups in total. The van der Waals surface area contributed by atoms with Crippen LogP contribution in [0.4, 0.5) is 5.69 Å². The smallest absolute Gasteiger partial charge is 0.263 e. The van der Waals surface area contributed by atoms with Gasteiger partial charge in [-0.15, -0.1) is 11.3 Å². The number of rotatable bonds is 3. The molecule has 0 aliphatic carbocycles. The van der Waals surface area contributed by atoms with Gasteiger partial charge in [-0.05, 0) is 17.2 Å². The monoisotopic (exact) mass is 415 g/mol. The van der Waals surface area contributed by atoms with Crippen LogP contribution in [-0.4, -0.2) is 27.8 Å². The van der Waals surface area contributed by atoms with Gasteiger partial charge in [0.1, 0.15) is 11.4 Å². The summed E-state index contributed by atoms with van der Waals surface area (Å²) < 4.78 is 1.32. The largest absolute Gasteiger partial charge is 0.303 e. The van der Waals surface area contributed by atoms with E-state index in [1.165, 1.54) is 27.1 Å². The Kier molecular flexibility index (Phi) is 4.52. The summed E-state index contributed by atoms with van der Waals surface area (Å²) in [6.45, 7) is -0.151. The van der Waals surface area contributed by atoms with Crippen LogP contribution >= 0.6 is 11.3 Å². The summed E-state index contributed by atoms with van der Waals surface area (Å²) in [5.74, 6) is -0.331. The van der Waals surface area contributed by atoms with Crippen LogP contribution in [0, 0.1) is 0 Å². The third-order valence-corrected chi connectivity index (χ3v) is 6.14. The van der Waals surface area contributed by atoms with Gasteiger partial charge in [0, 0.05) is 23.1 Å². The van der Waals surface area contributed by atoms with Gasteiger partial charge in [-0.2, -0.15) is 0 Å². The Balaban J connectivity index is 1.52. The first-order valence-electron chi connectivity index (χ1n) is 9.54. The predicted octanol–water partition coefficient (Wildman–Crippen LogP) is 3.28. The van der Waals surface area contributed by atoms with Crippen LogP contribution in [0.1, 0.15) is 5.56 Å². The van der Waals surface area contributed by atoms with Crippen molar-refractivity contribution in [3.05, 3.63) is 82.2 Å². The number of benzene rings is 2. The number of nitrogens with zero attached hydrogens (tertiary/aromatic N) is 3. The van der Waals surface area contributed by atoms with Crippen molar-refractivity contribution in [2.75, 3.05) is 11.4 Å². The van der Waals surface area contributed by atoms with Crippen molar-refractivity contribution >= 4 is 38.9 Å². The van der Waals surface area contributed by atoms with Crippen molar-refractivity contribution in [3.8, 4) is 11.1 Å². The number of hydrogen-bond acceptors (Lipinski definition) is 5. The van der Waals surface area contributed by atoms with Crippen molar-refractivity contribution in [1.82, 2.24) is 9.55 Å². The van der Waals surface area contributed by atoms with Crippen LogP contribution in [-0.2, 0) is 22.6 Å². The maximum atomic E-state index is 13.2. The zero-order valence-corrected chi connectivity index (χ0v) is 16.8. The number of amides is 1. The van der Waals surface area contributed by atoms with Gasteiger partial charge in [0.05, 0.1) is 18.3 Å². The summed E-state index contributed by atoms with van der Waals surface area (Å²) in [7, 11) is 0. The molecule has 1 aliphatic rings. The van der Waals surface area contributed by atoms with Crippen LogP contribution in [0.5, 0.6) is 0 Å². The first kappa shape index (κ1) is 18.4. The molecule has 0 saturated carbocycles. The van der Waals surface area contributed by atoms with E-state index in [0.29, 0.717) is 16.6 Å². The molecule has 3 heterocycles. The standard InChI is InChI=1S/C23H17N3O3S/c27-17-10-16-8-4-5-9-19(16)26(11-17)20(28)12-25-14-24-22-21(23(25)29)18(13-30-22)15-6-2-1-3-7-15/h1-9,13-14H,10-12H2. The zero-order valence-electron chi connectivity index (χ0n) is 15.9. The van der Waals surface area contributed by atoms with Gasteiger partial charge in [0.2, 0.25) is 5.91 Å². The zero-order chi connectivity index (χ0) is 20.7. The lowest BCUT2D eigenvalue weighted by molar-refractivity contribution is -0.123. The second kappa shape index (κ2) is 7.35. The van der Waals surface area contributed by atoms with Gasteiger partial charge in [0.15, 0.2) is 5.78 Å². The Bertz CT molecular complexity index is 1340. The van der Waals surface area contributed by atoms with Gasteiger partial charge in [-0.1, -0.05) is 48.5 Å². The molecule has 5 rings (SSSR count). The van der Waals surface area contributed by atoms with Crippen molar-refractivity contribution in [1.29, 1.82) is 0 Å². The summed E-state index contributed by atoms with van der Waals surface area (Å²) in [6, 6.07) is 17.0. The van der Waals surface area contributed by atoms with Crippen LogP contribution in [0.25, 0.3) is 21.3 Å². The molecule has 0 saturated heterocycles. The van der Waals surface area contributed by atoms with Gasteiger partial charge in [0.25, 0.3) is 5.56 Å². The van der Waals surface area contributed by atoms with Crippen molar-refractivity contribution in [3.63, 3.8) is 0 Å².